The van der Waals surface area contributed by atoms with Gasteiger partial charge in [-0.15, -0.1) is 0 Å². The molecule has 0 aliphatic heterocycles. The van der Waals surface area contributed by atoms with Crippen molar-refractivity contribution < 1.29 is 14.3 Å². The van der Waals surface area contributed by atoms with E-state index in [1.54, 1.807) is 0 Å². The van der Waals surface area contributed by atoms with Crippen molar-refractivity contribution in [2.45, 2.75) is 13.0 Å². The van der Waals surface area contributed by atoms with E-state index in [2.05, 4.69) is 26.0 Å². The van der Waals surface area contributed by atoms with E-state index in [1.807, 2.05) is 48.5 Å². The molecular weight excluding hydrogens is 346 g/mol. The lowest BCUT2D eigenvalue weighted by molar-refractivity contribution is 0.186. The van der Waals surface area contributed by atoms with Crippen LogP contribution in [-0.2, 0) is 17.8 Å². The molecule has 0 fully saturated rings. The van der Waals surface area contributed by atoms with Gasteiger partial charge in [0.2, 0.25) is 0 Å². The van der Waals surface area contributed by atoms with Crippen LogP contribution in [-0.4, -0.2) is 18.5 Å². The molecule has 0 bridgehead atoms. The van der Waals surface area contributed by atoms with Crippen LogP contribution in [0.3, 0.4) is 0 Å². The average molecular weight is 364 g/mol. The molecule has 0 saturated carbocycles. The number of hydrogen-bond donors (Lipinski definition) is 1. The van der Waals surface area contributed by atoms with Crippen molar-refractivity contribution in [3.8, 4) is 5.75 Å². The highest BCUT2D eigenvalue weighted by atomic mass is 79.9. The molecule has 0 unspecified atom stereocenters. The molecule has 0 aliphatic rings. The van der Waals surface area contributed by atoms with Gasteiger partial charge in [0.1, 0.15) is 12.4 Å². The number of nitrogens with one attached hydrogen (secondary N) is 1. The molecule has 0 heterocycles. The Labute approximate surface area is 138 Å². The first-order valence-corrected chi connectivity index (χ1v) is 8.05. The molecule has 22 heavy (non-hydrogen) atoms. The van der Waals surface area contributed by atoms with Crippen LogP contribution >= 0.6 is 15.9 Å². The summed E-state index contributed by atoms with van der Waals surface area (Å²) in [6, 6.07) is 15.6. The second kappa shape index (κ2) is 8.44. The van der Waals surface area contributed by atoms with Gasteiger partial charge in [0.05, 0.1) is 12.8 Å². The van der Waals surface area contributed by atoms with Crippen molar-refractivity contribution in [2.24, 2.45) is 0 Å². The largest absolute Gasteiger partial charge is 0.487 e. The summed E-state index contributed by atoms with van der Waals surface area (Å²) in [7, 11) is 1.34. The van der Waals surface area contributed by atoms with Gasteiger partial charge in [-0.3, -0.25) is 5.32 Å². The van der Waals surface area contributed by atoms with E-state index >= 15 is 0 Å². The highest BCUT2D eigenvalue weighted by Crippen LogP contribution is 2.27. The summed E-state index contributed by atoms with van der Waals surface area (Å²) < 4.78 is 10.5. The fourth-order valence-electron chi connectivity index (χ4n) is 1.96. The third kappa shape index (κ3) is 4.77. The molecule has 0 spiro atoms. The number of rotatable bonds is 6. The van der Waals surface area contributed by atoms with Crippen LogP contribution in [0.5, 0.6) is 5.75 Å². The monoisotopic (exact) mass is 363 g/mol. The molecule has 5 heteroatoms. The van der Waals surface area contributed by atoms with E-state index < -0.39 is 6.09 Å². The summed E-state index contributed by atoms with van der Waals surface area (Å²) in [4.78, 5) is 11.5. The van der Waals surface area contributed by atoms with E-state index in [4.69, 9.17) is 4.74 Å². The predicted octanol–water partition coefficient (Wildman–Crippen LogP) is 4.38. The van der Waals surface area contributed by atoms with Gasteiger partial charge in [0.25, 0.3) is 0 Å². The van der Waals surface area contributed by atoms with Crippen molar-refractivity contribution in [3.63, 3.8) is 0 Å². The maximum Gasteiger partial charge on any atom is 0.411 e. The summed E-state index contributed by atoms with van der Waals surface area (Å²) >= 11 is 3.41. The number of carbonyl (C=O) groups is 1. The van der Waals surface area contributed by atoms with Gasteiger partial charge in [0.15, 0.2) is 0 Å². The minimum atomic E-state index is -0.513. The number of methoxy groups -OCH3 is 1. The predicted molar refractivity (Wildman–Crippen MR) is 90.7 cm³/mol. The molecule has 1 N–H and O–H groups in total. The lowest BCUT2D eigenvalue weighted by atomic mass is 10.1. The first-order valence-electron chi connectivity index (χ1n) is 6.93. The Balaban J connectivity index is 2.15. The molecule has 0 saturated heterocycles. The topological polar surface area (TPSA) is 47.6 Å². The van der Waals surface area contributed by atoms with Gasteiger partial charge in [-0.25, -0.2) is 4.79 Å². The first kappa shape index (κ1) is 16.4. The Morgan fingerprint density at radius 1 is 1.14 bits per heavy atom. The summed E-state index contributed by atoms with van der Waals surface area (Å²) in [6.45, 7) is 0.439. The molecule has 0 aromatic heterocycles. The number of amides is 1. The summed E-state index contributed by atoms with van der Waals surface area (Å²) in [5.41, 5.74) is 2.78. The van der Waals surface area contributed by atoms with Crippen LogP contribution in [0.25, 0.3) is 0 Å². The van der Waals surface area contributed by atoms with Gasteiger partial charge in [0, 0.05) is 5.33 Å². The van der Waals surface area contributed by atoms with Crippen LogP contribution in [0, 0.1) is 0 Å². The molecule has 0 atom stereocenters. The summed E-state index contributed by atoms with van der Waals surface area (Å²) in [5.74, 6) is 0.618. The van der Waals surface area contributed by atoms with Gasteiger partial charge < -0.3 is 9.47 Å². The van der Waals surface area contributed by atoms with E-state index in [9.17, 15) is 4.79 Å². The Morgan fingerprint density at radius 2 is 1.91 bits per heavy atom. The molecule has 2 aromatic rings. The Morgan fingerprint density at radius 3 is 2.59 bits per heavy atom. The zero-order chi connectivity index (χ0) is 15.8. The molecule has 2 aromatic carbocycles. The zero-order valence-electron chi connectivity index (χ0n) is 12.3. The second-order valence-electron chi connectivity index (χ2n) is 4.66. The van der Waals surface area contributed by atoms with Crippen molar-refractivity contribution >= 4 is 27.7 Å². The molecule has 1 amide bonds. The van der Waals surface area contributed by atoms with E-state index in [1.165, 1.54) is 7.11 Å². The second-order valence-corrected chi connectivity index (χ2v) is 5.45. The number of alkyl halides is 1. The van der Waals surface area contributed by atoms with Crippen LogP contribution in [0.2, 0.25) is 0 Å². The van der Waals surface area contributed by atoms with Gasteiger partial charge in [-0.05, 0) is 29.7 Å². The SMILES string of the molecule is COC(=O)Nc1cc(CCBr)ccc1OCc1ccccc1. The molecule has 0 radical (unpaired) electrons. The Kier molecular flexibility index (Phi) is 6.27. The number of halogens is 1. The third-order valence-corrected chi connectivity index (χ3v) is 3.48. The highest BCUT2D eigenvalue weighted by Gasteiger charge is 2.09. The van der Waals surface area contributed by atoms with Crippen LogP contribution in [0.15, 0.2) is 48.5 Å². The minimum absolute atomic E-state index is 0.439. The first-order chi connectivity index (χ1) is 10.7. The van der Waals surface area contributed by atoms with Gasteiger partial charge in [-0.1, -0.05) is 52.3 Å². The fourth-order valence-corrected chi connectivity index (χ4v) is 2.42. The standard InChI is InChI=1S/C17H18BrNO3/c1-21-17(20)19-15-11-13(9-10-18)7-8-16(15)22-12-14-5-3-2-4-6-14/h2-8,11H,9-10,12H2,1H3,(H,19,20). The lowest BCUT2D eigenvalue weighted by Crippen LogP contribution is -2.12. The number of anilines is 1. The maximum atomic E-state index is 11.5. The number of hydrogen-bond acceptors (Lipinski definition) is 3. The molecule has 0 aliphatic carbocycles. The maximum absolute atomic E-state index is 11.5. The van der Waals surface area contributed by atoms with Crippen LogP contribution in [0.4, 0.5) is 10.5 Å². The summed E-state index contributed by atoms with van der Waals surface area (Å²) in [6.07, 6.45) is 0.356. The smallest absolute Gasteiger partial charge is 0.411 e. The van der Waals surface area contributed by atoms with E-state index in [0.717, 1.165) is 22.9 Å². The Hall–Kier alpha value is -2.01. The van der Waals surface area contributed by atoms with E-state index in [0.29, 0.717) is 18.0 Å². The van der Waals surface area contributed by atoms with Gasteiger partial charge >= 0.3 is 6.09 Å². The van der Waals surface area contributed by atoms with Crippen molar-refractivity contribution in [1.82, 2.24) is 0 Å². The summed E-state index contributed by atoms with van der Waals surface area (Å²) in [5, 5.41) is 3.55. The number of benzene rings is 2. The number of carbonyl (C=O) groups excluding carboxylic acids is 1. The average Bonchev–Trinajstić information content (AvgIpc) is 2.55. The third-order valence-electron chi connectivity index (χ3n) is 3.09. The van der Waals surface area contributed by atoms with Crippen LogP contribution < -0.4 is 10.1 Å². The van der Waals surface area contributed by atoms with E-state index in [-0.39, 0.29) is 0 Å². The quantitative estimate of drug-likeness (QED) is 0.774. The number of aryl methyl sites for hydroxylation is 1. The Bertz CT molecular complexity index is 617. The molecule has 2 rings (SSSR count). The molecular formula is C17H18BrNO3. The number of ether oxygens (including phenoxy) is 2. The zero-order valence-corrected chi connectivity index (χ0v) is 13.9. The van der Waals surface area contributed by atoms with Gasteiger partial charge in [-0.2, -0.15) is 0 Å². The normalized spacial score (nSPS) is 10.1. The molecule has 4 nitrogen and oxygen atoms in total. The van der Waals surface area contributed by atoms with Crippen molar-refractivity contribution in [3.05, 3.63) is 59.7 Å². The highest BCUT2D eigenvalue weighted by molar-refractivity contribution is 9.09. The van der Waals surface area contributed by atoms with Crippen molar-refractivity contribution in [2.75, 3.05) is 17.8 Å². The fraction of sp³-hybridized carbons (Fsp3) is 0.235. The van der Waals surface area contributed by atoms with Crippen molar-refractivity contribution in [1.29, 1.82) is 0 Å². The molecule has 116 valence electrons. The van der Waals surface area contributed by atoms with Crippen LogP contribution in [0.1, 0.15) is 11.1 Å². The lowest BCUT2D eigenvalue weighted by Gasteiger charge is -2.13. The minimum Gasteiger partial charge on any atom is -0.487 e.